The summed E-state index contributed by atoms with van der Waals surface area (Å²) in [7, 11) is 2.95. The molecule has 3 aliphatic rings. The molecule has 0 spiro atoms. The minimum atomic E-state index is -0.497. The van der Waals surface area contributed by atoms with Crippen LogP contribution in [0.5, 0.6) is 28.7 Å². The van der Waals surface area contributed by atoms with E-state index in [4.69, 9.17) is 28.1 Å². The van der Waals surface area contributed by atoms with Crippen molar-refractivity contribution in [1.82, 2.24) is 4.98 Å². The molecule has 10 heteroatoms. The number of cyclic esters (lactones) is 1. The van der Waals surface area contributed by atoms with Gasteiger partial charge in [0.1, 0.15) is 5.52 Å². The highest BCUT2D eigenvalue weighted by atomic mass is 32.2. The van der Waals surface area contributed by atoms with E-state index in [-0.39, 0.29) is 47.8 Å². The van der Waals surface area contributed by atoms with Gasteiger partial charge in [-0.3, -0.25) is 4.79 Å². The molecule has 4 atom stereocenters. The number of aromatic hydroxyl groups is 1. The van der Waals surface area contributed by atoms with Crippen molar-refractivity contribution in [3.8, 4) is 28.7 Å². The van der Waals surface area contributed by atoms with Gasteiger partial charge in [-0.25, -0.2) is 4.98 Å². The normalized spacial score (nSPS) is 23.2. The number of nitrogens with zero attached hydrogens (tertiary/aromatic N) is 1. The molecule has 1 saturated heterocycles. The molecule has 1 N–H and O–H groups in total. The number of aromatic nitrogens is 1. The molecule has 2 aliphatic heterocycles. The van der Waals surface area contributed by atoms with Gasteiger partial charge in [0, 0.05) is 17.1 Å². The Morgan fingerprint density at radius 3 is 2.39 bits per heavy atom. The monoisotopic (exact) mass is 533 g/mol. The van der Waals surface area contributed by atoms with Gasteiger partial charge in [0.15, 0.2) is 28.6 Å². The topological polar surface area (TPSA) is 109 Å². The number of methoxy groups -OCH3 is 2. The second-order valence-corrected chi connectivity index (χ2v) is 10.5. The lowest BCUT2D eigenvalue weighted by molar-refractivity contribution is -0.141. The summed E-state index contributed by atoms with van der Waals surface area (Å²) in [5.74, 6) is 0.323. The molecule has 4 aromatic rings. The van der Waals surface area contributed by atoms with Gasteiger partial charge in [-0.2, -0.15) is 0 Å². The fraction of sp³-hybridized carbons (Fsp3) is 0.286. The standard InChI is InChI=1S/C28H23NO8S/c1-32-21-7-13(8-22(33-2)25(21)30)23-14-9-19-20(36-12-35-19)10-15(14)26(16-11-34-27(31)24(16)23)38-28-29-17-5-3-4-6-18(17)37-28/h3-10,16,23-24,26,30H,11-12H2,1-2H3/t16-,23+,24-,26+/m0/s1. The van der Waals surface area contributed by atoms with E-state index < -0.39 is 11.8 Å². The van der Waals surface area contributed by atoms with E-state index >= 15 is 0 Å². The molecule has 38 heavy (non-hydrogen) atoms. The van der Waals surface area contributed by atoms with E-state index in [0.29, 0.717) is 22.3 Å². The average molecular weight is 534 g/mol. The molecule has 194 valence electrons. The summed E-state index contributed by atoms with van der Waals surface area (Å²) in [6, 6.07) is 15.0. The number of thioether (sulfide) groups is 1. The number of benzene rings is 3. The van der Waals surface area contributed by atoms with Crippen LogP contribution in [-0.4, -0.2) is 43.7 Å². The predicted octanol–water partition coefficient (Wildman–Crippen LogP) is 5.05. The van der Waals surface area contributed by atoms with Crippen LogP contribution in [-0.2, 0) is 9.53 Å². The summed E-state index contributed by atoms with van der Waals surface area (Å²) in [5.41, 5.74) is 4.12. The summed E-state index contributed by atoms with van der Waals surface area (Å²) in [4.78, 5) is 18.0. The minimum absolute atomic E-state index is 0.101. The third-order valence-electron chi connectivity index (χ3n) is 7.48. The number of para-hydroxylation sites is 2. The van der Waals surface area contributed by atoms with Gasteiger partial charge < -0.3 is 33.2 Å². The lowest BCUT2D eigenvalue weighted by Gasteiger charge is -2.38. The van der Waals surface area contributed by atoms with Crippen LogP contribution >= 0.6 is 11.8 Å². The van der Waals surface area contributed by atoms with Crippen LogP contribution < -0.4 is 18.9 Å². The molecule has 1 fully saturated rings. The van der Waals surface area contributed by atoms with Crippen LogP contribution in [0.3, 0.4) is 0 Å². The Morgan fingerprint density at radius 1 is 0.974 bits per heavy atom. The fourth-order valence-corrected chi connectivity index (χ4v) is 7.03. The number of ether oxygens (including phenoxy) is 5. The number of phenolic OH excluding ortho intramolecular Hbond substituents is 1. The molecular formula is C28H23NO8S. The number of oxazole rings is 1. The first-order valence-corrected chi connectivity index (χ1v) is 13.0. The number of phenols is 1. The Labute approximate surface area is 221 Å². The van der Waals surface area contributed by atoms with Gasteiger partial charge >= 0.3 is 5.97 Å². The number of esters is 1. The SMILES string of the molecule is COc1cc([C@@H]2c3cc4c(cc3[C@@H](Sc3nc5ccccc5o3)[C@H]3COC(=O)[C@H]23)OCO4)cc(OC)c1O. The number of fused-ring (bicyclic) bond motifs is 4. The first kappa shape index (κ1) is 23.1. The zero-order valence-electron chi connectivity index (χ0n) is 20.5. The van der Waals surface area contributed by atoms with Gasteiger partial charge in [0.25, 0.3) is 5.22 Å². The summed E-state index contributed by atoms with van der Waals surface area (Å²) < 4.78 is 34.0. The molecule has 1 aromatic heterocycles. The smallest absolute Gasteiger partial charge is 0.310 e. The second-order valence-electron chi connectivity index (χ2n) is 9.39. The second kappa shape index (κ2) is 8.76. The Hall–Kier alpha value is -4.05. The van der Waals surface area contributed by atoms with Crippen molar-refractivity contribution in [3.63, 3.8) is 0 Å². The van der Waals surface area contributed by atoms with Crippen molar-refractivity contribution in [2.24, 2.45) is 11.8 Å². The van der Waals surface area contributed by atoms with Crippen LogP contribution in [0.15, 0.2) is 58.2 Å². The minimum Gasteiger partial charge on any atom is -0.502 e. The third-order valence-corrected chi connectivity index (χ3v) is 8.72. The summed E-state index contributed by atoms with van der Waals surface area (Å²) in [6.07, 6.45) is 0. The molecule has 9 nitrogen and oxygen atoms in total. The molecule has 0 unspecified atom stereocenters. The van der Waals surface area contributed by atoms with Gasteiger partial charge in [0.05, 0.1) is 26.7 Å². The quantitative estimate of drug-likeness (QED) is 0.350. The number of hydrogen-bond donors (Lipinski definition) is 1. The van der Waals surface area contributed by atoms with Crippen LogP contribution in [0.2, 0.25) is 0 Å². The Balaban J connectivity index is 1.41. The maximum atomic E-state index is 13.3. The fourth-order valence-electron chi connectivity index (χ4n) is 5.77. The molecular weight excluding hydrogens is 510 g/mol. The summed E-state index contributed by atoms with van der Waals surface area (Å²) >= 11 is 1.48. The lowest BCUT2D eigenvalue weighted by Crippen LogP contribution is -2.33. The van der Waals surface area contributed by atoms with Crippen molar-refractivity contribution >= 4 is 28.8 Å². The van der Waals surface area contributed by atoms with Crippen molar-refractivity contribution in [3.05, 3.63) is 65.2 Å². The zero-order valence-corrected chi connectivity index (χ0v) is 21.3. The zero-order chi connectivity index (χ0) is 26.0. The molecule has 3 heterocycles. The number of carbonyl (C=O) groups is 1. The molecule has 3 aromatic carbocycles. The van der Waals surface area contributed by atoms with E-state index in [1.807, 2.05) is 36.4 Å². The number of carbonyl (C=O) groups excluding carboxylic acids is 1. The van der Waals surface area contributed by atoms with Gasteiger partial charge in [0.2, 0.25) is 12.5 Å². The van der Waals surface area contributed by atoms with Gasteiger partial charge in [-0.15, -0.1) is 0 Å². The van der Waals surface area contributed by atoms with Crippen LogP contribution in [0.25, 0.3) is 11.1 Å². The first-order valence-electron chi connectivity index (χ1n) is 12.1. The third kappa shape index (κ3) is 3.47. The van der Waals surface area contributed by atoms with E-state index in [2.05, 4.69) is 4.98 Å². The highest BCUT2D eigenvalue weighted by molar-refractivity contribution is 7.99. The van der Waals surface area contributed by atoms with Crippen molar-refractivity contribution in [2.45, 2.75) is 16.4 Å². The highest BCUT2D eigenvalue weighted by Gasteiger charge is 2.53. The van der Waals surface area contributed by atoms with Crippen LogP contribution in [0.4, 0.5) is 0 Å². The molecule has 0 bridgehead atoms. The molecule has 0 saturated carbocycles. The van der Waals surface area contributed by atoms with E-state index in [1.54, 1.807) is 12.1 Å². The largest absolute Gasteiger partial charge is 0.502 e. The van der Waals surface area contributed by atoms with E-state index in [1.165, 1.54) is 26.0 Å². The molecule has 1 aliphatic carbocycles. The average Bonchev–Trinajstić information content (AvgIpc) is 3.66. The van der Waals surface area contributed by atoms with Crippen molar-refractivity contribution in [2.75, 3.05) is 27.6 Å². The predicted molar refractivity (Wildman–Crippen MR) is 136 cm³/mol. The van der Waals surface area contributed by atoms with Gasteiger partial charge in [-0.05, 0) is 53.1 Å². The maximum Gasteiger partial charge on any atom is 0.310 e. The molecule has 0 amide bonds. The first-order chi connectivity index (χ1) is 18.6. The van der Waals surface area contributed by atoms with Crippen LogP contribution in [0.1, 0.15) is 27.9 Å². The van der Waals surface area contributed by atoms with Gasteiger partial charge in [-0.1, -0.05) is 23.9 Å². The Morgan fingerprint density at radius 2 is 1.68 bits per heavy atom. The maximum absolute atomic E-state index is 13.3. The van der Waals surface area contributed by atoms with E-state index in [9.17, 15) is 9.90 Å². The summed E-state index contributed by atoms with van der Waals surface area (Å²) in [6.45, 7) is 0.389. The highest BCUT2D eigenvalue weighted by Crippen LogP contribution is 2.59. The summed E-state index contributed by atoms with van der Waals surface area (Å²) in [5, 5.41) is 10.9. The molecule has 7 rings (SSSR count). The lowest BCUT2D eigenvalue weighted by atomic mass is 9.67. The van der Waals surface area contributed by atoms with Crippen molar-refractivity contribution in [1.29, 1.82) is 0 Å². The van der Waals surface area contributed by atoms with E-state index in [0.717, 1.165) is 22.2 Å². The van der Waals surface area contributed by atoms with Crippen molar-refractivity contribution < 1.29 is 38.0 Å². The molecule has 0 radical (unpaired) electrons. The Kier molecular flexibility index (Phi) is 5.33. The Bertz CT molecular complexity index is 1520. The number of rotatable bonds is 5. The van der Waals surface area contributed by atoms with Crippen LogP contribution in [0, 0.1) is 11.8 Å². The number of hydrogen-bond acceptors (Lipinski definition) is 10.